The molecule has 0 aliphatic heterocycles. The normalized spacial score (nSPS) is 17.8. The predicted octanol–water partition coefficient (Wildman–Crippen LogP) is 3.90. The molecule has 1 heterocycles. The predicted molar refractivity (Wildman–Crippen MR) is 86.0 cm³/mol. The standard InChI is InChI=1S/C16H21N3S/c1-3-19(12-8-5-4-6-9-12)16-18-15-13(17-2)10-7-11-14(15)20-16/h4-6,8-9,13,17H,3,7,10-11H2,1-2H3. The van der Waals surface area contributed by atoms with Crippen LogP contribution in [0.5, 0.6) is 0 Å². The molecule has 0 fully saturated rings. The van der Waals surface area contributed by atoms with Crippen molar-refractivity contribution in [1.82, 2.24) is 10.3 Å². The molecule has 3 rings (SSSR count). The fourth-order valence-electron chi connectivity index (χ4n) is 2.84. The van der Waals surface area contributed by atoms with E-state index in [2.05, 4.69) is 47.5 Å². The number of rotatable bonds is 4. The van der Waals surface area contributed by atoms with E-state index in [9.17, 15) is 0 Å². The van der Waals surface area contributed by atoms with E-state index in [1.165, 1.54) is 35.5 Å². The Balaban J connectivity index is 1.96. The maximum Gasteiger partial charge on any atom is 0.190 e. The molecule has 1 aliphatic carbocycles. The van der Waals surface area contributed by atoms with Gasteiger partial charge in [-0.3, -0.25) is 0 Å². The Morgan fingerprint density at radius 1 is 1.35 bits per heavy atom. The van der Waals surface area contributed by atoms with Crippen LogP contribution in [-0.4, -0.2) is 18.6 Å². The highest BCUT2D eigenvalue weighted by Gasteiger charge is 2.25. The quantitative estimate of drug-likeness (QED) is 0.924. The molecular formula is C16H21N3S. The number of aryl methyl sites for hydroxylation is 1. The lowest BCUT2D eigenvalue weighted by Gasteiger charge is -2.20. The van der Waals surface area contributed by atoms with Crippen molar-refractivity contribution < 1.29 is 0 Å². The zero-order valence-electron chi connectivity index (χ0n) is 12.1. The number of nitrogens with zero attached hydrogens (tertiary/aromatic N) is 2. The van der Waals surface area contributed by atoms with E-state index >= 15 is 0 Å². The van der Waals surface area contributed by atoms with Crippen molar-refractivity contribution in [3.63, 3.8) is 0 Å². The van der Waals surface area contributed by atoms with Crippen LogP contribution in [-0.2, 0) is 6.42 Å². The molecule has 3 nitrogen and oxygen atoms in total. The number of anilines is 2. The van der Waals surface area contributed by atoms with Crippen molar-refractivity contribution in [2.45, 2.75) is 32.2 Å². The highest BCUT2D eigenvalue weighted by atomic mass is 32.1. The fourth-order valence-corrected chi connectivity index (χ4v) is 4.09. The first kappa shape index (κ1) is 13.6. The third-order valence-electron chi connectivity index (χ3n) is 3.91. The number of aromatic nitrogens is 1. The van der Waals surface area contributed by atoms with Gasteiger partial charge in [-0.2, -0.15) is 0 Å². The Bertz CT molecular complexity index is 564. The summed E-state index contributed by atoms with van der Waals surface area (Å²) in [5.41, 5.74) is 2.50. The fraction of sp³-hybridized carbons (Fsp3) is 0.438. The summed E-state index contributed by atoms with van der Waals surface area (Å²) in [5.74, 6) is 0. The summed E-state index contributed by atoms with van der Waals surface area (Å²) in [6, 6.07) is 11.0. The van der Waals surface area contributed by atoms with Crippen LogP contribution in [0.15, 0.2) is 30.3 Å². The first-order chi connectivity index (χ1) is 9.83. The van der Waals surface area contributed by atoms with Gasteiger partial charge in [0.2, 0.25) is 0 Å². The molecule has 0 spiro atoms. The van der Waals surface area contributed by atoms with Crippen LogP contribution in [0.3, 0.4) is 0 Å². The Kier molecular flexibility index (Phi) is 4.03. The molecule has 106 valence electrons. The third kappa shape index (κ3) is 2.45. The molecule has 4 heteroatoms. The molecule has 1 aromatic carbocycles. The third-order valence-corrected chi connectivity index (χ3v) is 5.06. The molecule has 1 aliphatic rings. The minimum atomic E-state index is 0.429. The van der Waals surface area contributed by atoms with Gasteiger partial charge in [0.15, 0.2) is 5.13 Å². The second-order valence-electron chi connectivity index (χ2n) is 5.12. The van der Waals surface area contributed by atoms with Crippen molar-refractivity contribution in [3.05, 3.63) is 40.9 Å². The molecule has 20 heavy (non-hydrogen) atoms. The minimum absolute atomic E-state index is 0.429. The zero-order valence-corrected chi connectivity index (χ0v) is 12.9. The zero-order chi connectivity index (χ0) is 13.9. The molecule has 1 aromatic heterocycles. The van der Waals surface area contributed by atoms with Crippen LogP contribution in [0.2, 0.25) is 0 Å². The molecule has 0 amide bonds. The molecule has 1 N–H and O–H groups in total. The SMILES string of the molecule is CCN(c1ccccc1)c1nc2c(s1)CCCC2NC. The van der Waals surface area contributed by atoms with Crippen molar-refractivity contribution in [1.29, 1.82) is 0 Å². The summed E-state index contributed by atoms with van der Waals surface area (Å²) in [6.07, 6.45) is 3.64. The van der Waals surface area contributed by atoms with Crippen LogP contribution in [0, 0.1) is 0 Å². The van der Waals surface area contributed by atoms with Gasteiger partial charge < -0.3 is 10.2 Å². The van der Waals surface area contributed by atoms with Crippen LogP contribution in [0.1, 0.15) is 36.4 Å². The van der Waals surface area contributed by atoms with Gasteiger partial charge in [0.1, 0.15) is 0 Å². The summed E-state index contributed by atoms with van der Waals surface area (Å²) in [5, 5.41) is 4.53. The van der Waals surface area contributed by atoms with Gasteiger partial charge in [0.25, 0.3) is 0 Å². The number of benzene rings is 1. The Morgan fingerprint density at radius 2 is 2.15 bits per heavy atom. The highest BCUT2D eigenvalue weighted by Crippen LogP contribution is 2.38. The van der Waals surface area contributed by atoms with E-state index in [4.69, 9.17) is 4.98 Å². The number of fused-ring (bicyclic) bond motifs is 1. The largest absolute Gasteiger partial charge is 0.318 e. The van der Waals surface area contributed by atoms with E-state index in [-0.39, 0.29) is 0 Å². The molecule has 0 bridgehead atoms. The summed E-state index contributed by atoms with van der Waals surface area (Å²) in [7, 11) is 2.04. The van der Waals surface area contributed by atoms with E-state index in [0.717, 1.165) is 11.7 Å². The van der Waals surface area contributed by atoms with Crippen molar-refractivity contribution in [2.24, 2.45) is 0 Å². The molecule has 0 saturated heterocycles. The monoisotopic (exact) mass is 287 g/mol. The van der Waals surface area contributed by atoms with Crippen molar-refractivity contribution in [3.8, 4) is 0 Å². The topological polar surface area (TPSA) is 28.2 Å². The van der Waals surface area contributed by atoms with Gasteiger partial charge in [-0.25, -0.2) is 4.98 Å². The Morgan fingerprint density at radius 3 is 2.85 bits per heavy atom. The number of hydrogen-bond acceptors (Lipinski definition) is 4. The summed E-state index contributed by atoms with van der Waals surface area (Å²) < 4.78 is 0. The average molecular weight is 287 g/mol. The lowest BCUT2D eigenvalue weighted by Crippen LogP contribution is -2.21. The van der Waals surface area contributed by atoms with Gasteiger partial charge in [0.05, 0.1) is 11.7 Å². The Labute approximate surface area is 124 Å². The van der Waals surface area contributed by atoms with Crippen LogP contribution in [0.4, 0.5) is 10.8 Å². The van der Waals surface area contributed by atoms with E-state index in [0.29, 0.717) is 6.04 Å². The maximum atomic E-state index is 4.93. The number of thiazole rings is 1. The molecule has 1 unspecified atom stereocenters. The summed E-state index contributed by atoms with van der Waals surface area (Å²) in [4.78, 5) is 8.69. The smallest absolute Gasteiger partial charge is 0.190 e. The van der Waals surface area contributed by atoms with Crippen LogP contribution < -0.4 is 10.2 Å². The number of hydrogen-bond donors (Lipinski definition) is 1. The highest BCUT2D eigenvalue weighted by molar-refractivity contribution is 7.15. The first-order valence-electron chi connectivity index (χ1n) is 7.33. The molecule has 0 saturated carbocycles. The lowest BCUT2D eigenvalue weighted by atomic mass is 9.98. The second kappa shape index (κ2) is 5.94. The second-order valence-corrected chi connectivity index (χ2v) is 6.18. The molecule has 1 atom stereocenters. The van der Waals surface area contributed by atoms with Crippen molar-refractivity contribution in [2.75, 3.05) is 18.5 Å². The van der Waals surface area contributed by atoms with Crippen molar-refractivity contribution >= 4 is 22.2 Å². The average Bonchev–Trinajstić information content (AvgIpc) is 2.92. The van der Waals surface area contributed by atoms with E-state index < -0.39 is 0 Å². The lowest BCUT2D eigenvalue weighted by molar-refractivity contribution is 0.490. The minimum Gasteiger partial charge on any atom is -0.318 e. The van der Waals surface area contributed by atoms with Gasteiger partial charge in [-0.15, -0.1) is 11.3 Å². The van der Waals surface area contributed by atoms with Crippen LogP contribution >= 0.6 is 11.3 Å². The van der Waals surface area contributed by atoms with Gasteiger partial charge in [0, 0.05) is 17.1 Å². The van der Waals surface area contributed by atoms with Gasteiger partial charge in [-0.1, -0.05) is 18.2 Å². The van der Waals surface area contributed by atoms with E-state index in [1.807, 2.05) is 18.4 Å². The first-order valence-corrected chi connectivity index (χ1v) is 8.14. The van der Waals surface area contributed by atoms with E-state index in [1.54, 1.807) is 0 Å². The maximum absolute atomic E-state index is 4.93. The molecule has 0 radical (unpaired) electrons. The van der Waals surface area contributed by atoms with Crippen LogP contribution in [0.25, 0.3) is 0 Å². The summed E-state index contributed by atoms with van der Waals surface area (Å²) >= 11 is 1.86. The molecule has 2 aromatic rings. The Hall–Kier alpha value is -1.39. The number of nitrogens with one attached hydrogen (secondary N) is 1. The summed E-state index contributed by atoms with van der Waals surface area (Å²) in [6.45, 7) is 3.13. The number of para-hydroxylation sites is 1. The van der Waals surface area contributed by atoms with Gasteiger partial charge >= 0.3 is 0 Å². The molecular weight excluding hydrogens is 266 g/mol. The van der Waals surface area contributed by atoms with Gasteiger partial charge in [-0.05, 0) is 45.4 Å².